The van der Waals surface area contributed by atoms with E-state index in [9.17, 15) is 27.7 Å². The Hall–Kier alpha value is -2.72. The number of hydrogen-bond acceptors (Lipinski definition) is 5. The first kappa shape index (κ1) is 22.6. The second-order valence-electron chi connectivity index (χ2n) is 6.33. The summed E-state index contributed by atoms with van der Waals surface area (Å²) in [6.07, 6.45) is 1.00. The van der Waals surface area contributed by atoms with E-state index >= 15 is 0 Å². The molecule has 1 amide bonds. The lowest BCUT2D eigenvalue weighted by molar-refractivity contribution is -0.384. The van der Waals surface area contributed by atoms with E-state index in [-0.39, 0.29) is 28.5 Å². The van der Waals surface area contributed by atoms with Gasteiger partial charge in [0, 0.05) is 12.1 Å². The van der Waals surface area contributed by atoms with Crippen molar-refractivity contribution in [1.29, 1.82) is 0 Å². The smallest absolute Gasteiger partial charge is 0.271 e. The van der Waals surface area contributed by atoms with Gasteiger partial charge in [-0.15, -0.1) is 0 Å². The number of nitro benzene ring substituents is 1. The number of sulfonamides is 1. The minimum Gasteiger partial charge on any atom is -0.324 e. The average Bonchev–Trinajstić information content (AvgIpc) is 2.62. The monoisotopic (exact) mass is 443 g/mol. The number of amides is 1. The van der Waals surface area contributed by atoms with Crippen LogP contribution < -0.4 is 9.62 Å². The van der Waals surface area contributed by atoms with Gasteiger partial charge in [0.25, 0.3) is 5.69 Å². The molecule has 0 spiro atoms. The van der Waals surface area contributed by atoms with E-state index in [2.05, 4.69) is 5.32 Å². The molecule has 0 fully saturated rings. The van der Waals surface area contributed by atoms with Gasteiger partial charge in [-0.2, -0.15) is 0 Å². The van der Waals surface area contributed by atoms with Gasteiger partial charge in [0.05, 0.1) is 27.6 Å². The van der Waals surface area contributed by atoms with Gasteiger partial charge in [-0.05, 0) is 37.1 Å². The molecule has 0 saturated heterocycles. The Morgan fingerprint density at radius 2 is 1.97 bits per heavy atom. The van der Waals surface area contributed by atoms with Gasteiger partial charge in [0.2, 0.25) is 15.9 Å². The molecule has 1 atom stereocenters. The highest BCUT2D eigenvalue weighted by atomic mass is 35.5. The van der Waals surface area contributed by atoms with E-state index in [0.717, 1.165) is 22.7 Å². The predicted octanol–water partition coefficient (Wildman–Crippen LogP) is 3.88. The van der Waals surface area contributed by atoms with E-state index in [4.69, 9.17) is 11.6 Å². The summed E-state index contributed by atoms with van der Waals surface area (Å²) in [5.41, 5.74) is 0.559. The zero-order valence-corrected chi connectivity index (χ0v) is 17.4. The van der Waals surface area contributed by atoms with Crippen molar-refractivity contribution in [3.63, 3.8) is 0 Å². The van der Waals surface area contributed by atoms with Crippen LogP contribution >= 0.6 is 11.6 Å². The fraction of sp³-hybridized carbons (Fsp3) is 0.278. The average molecular weight is 444 g/mol. The van der Waals surface area contributed by atoms with Gasteiger partial charge in [-0.1, -0.05) is 24.6 Å². The molecule has 156 valence electrons. The predicted molar refractivity (Wildman–Crippen MR) is 109 cm³/mol. The normalized spacial score (nSPS) is 12.3. The second-order valence-corrected chi connectivity index (χ2v) is 8.59. The standard InChI is InChI=1S/C18H19ClFN3O5S/c1-4-17(18(24)21-16-10-13(23(25)26)6-5-11(16)2)22(29(3,27)28)12-7-8-15(20)14(19)9-12/h5-10,17H,4H2,1-3H3,(H,21,24)/t17-/m0/s1. The van der Waals surface area contributed by atoms with Crippen molar-refractivity contribution in [3.05, 3.63) is 62.9 Å². The van der Waals surface area contributed by atoms with Crippen molar-refractivity contribution in [2.45, 2.75) is 26.3 Å². The molecule has 0 saturated carbocycles. The summed E-state index contributed by atoms with van der Waals surface area (Å²) in [4.78, 5) is 23.3. The number of halogens is 2. The van der Waals surface area contributed by atoms with Gasteiger partial charge in [-0.3, -0.25) is 19.2 Å². The maximum atomic E-state index is 13.5. The number of nitro groups is 1. The Morgan fingerprint density at radius 1 is 1.31 bits per heavy atom. The molecule has 29 heavy (non-hydrogen) atoms. The summed E-state index contributed by atoms with van der Waals surface area (Å²) in [5, 5.41) is 13.2. The Labute approximate surface area is 172 Å². The number of benzene rings is 2. The van der Waals surface area contributed by atoms with Crippen LogP contribution in [0.4, 0.5) is 21.5 Å². The van der Waals surface area contributed by atoms with Crippen LogP contribution in [0.25, 0.3) is 0 Å². The molecular formula is C18H19ClFN3O5S. The molecule has 0 radical (unpaired) electrons. The Bertz CT molecular complexity index is 1060. The molecule has 11 heteroatoms. The topological polar surface area (TPSA) is 110 Å². The van der Waals surface area contributed by atoms with E-state index < -0.39 is 32.7 Å². The third-order valence-electron chi connectivity index (χ3n) is 4.18. The lowest BCUT2D eigenvalue weighted by Gasteiger charge is -2.30. The molecule has 2 aromatic carbocycles. The van der Waals surface area contributed by atoms with Crippen molar-refractivity contribution in [1.82, 2.24) is 0 Å². The molecule has 0 unspecified atom stereocenters. The summed E-state index contributed by atoms with van der Waals surface area (Å²) >= 11 is 5.77. The maximum Gasteiger partial charge on any atom is 0.271 e. The quantitative estimate of drug-likeness (QED) is 0.515. The van der Waals surface area contributed by atoms with Crippen LogP contribution in [0.15, 0.2) is 36.4 Å². The van der Waals surface area contributed by atoms with E-state index in [1.165, 1.54) is 24.3 Å². The van der Waals surface area contributed by atoms with Gasteiger partial charge in [-0.25, -0.2) is 12.8 Å². The van der Waals surface area contributed by atoms with Crippen LogP contribution in [0.2, 0.25) is 5.02 Å². The number of anilines is 2. The molecular weight excluding hydrogens is 425 g/mol. The van der Waals surface area contributed by atoms with Gasteiger partial charge in [0.1, 0.15) is 11.9 Å². The minimum absolute atomic E-state index is 0.0247. The minimum atomic E-state index is -3.94. The molecule has 0 aliphatic carbocycles. The zero-order valence-electron chi connectivity index (χ0n) is 15.8. The SMILES string of the molecule is CC[C@@H](C(=O)Nc1cc([N+](=O)[O-])ccc1C)N(c1ccc(F)c(Cl)c1)S(C)(=O)=O. The molecule has 0 bridgehead atoms. The van der Waals surface area contributed by atoms with Gasteiger partial charge < -0.3 is 5.32 Å². The summed E-state index contributed by atoms with van der Waals surface area (Å²) < 4.78 is 39.2. The number of rotatable bonds is 7. The summed E-state index contributed by atoms with van der Waals surface area (Å²) in [5.74, 6) is -1.42. The van der Waals surface area contributed by atoms with Crippen LogP contribution in [0.5, 0.6) is 0 Å². The first-order valence-corrected chi connectivity index (χ1v) is 10.7. The van der Waals surface area contributed by atoms with Crippen molar-refractivity contribution >= 4 is 44.6 Å². The van der Waals surface area contributed by atoms with E-state index in [0.29, 0.717) is 5.56 Å². The highest BCUT2D eigenvalue weighted by Crippen LogP contribution is 2.28. The van der Waals surface area contributed by atoms with Crippen molar-refractivity contribution in [2.75, 3.05) is 15.9 Å². The van der Waals surface area contributed by atoms with Crippen LogP contribution in [-0.2, 0) is 14.8 Å². The number of carbonyl (C=O) groups excluding carboxylic acids is 1. The highest BCUT2D eigenvalue weighted by Gasteiger charge is 2.32. The molecule has 0 aliphatic heterocycles. The second kappa shape index (κ2) is 8.75. The van der Waals surface area contributed by atoms with Crippen LogP contribution in [0.1, 0.15) is 18.9 Å². The lowest BCUT2D eigenvalue weighted by Crippen LogP contribution is -2.47. The lowest BCUT2D eigenvalue weighted by atomic mass is 10.1. The third-order valence-corrected chi connectivity index (χ3v) is 5.65. The zero-order chi connectivity index (χ0) is 21.9. The number of aryl methyl sites for hydroxylation is 1. The van der Waals surface area contributed by atoms with E-state index in [1.54, 1.807) is 13.8 Å². The van der Waals surface area contributed by atoms with Crippen LogP contribution in [-0.4, -0.2) is 31.5 Å². The first-order valence-electron chi connectivity index (χ1n) is 8.46. The number of hydrogen-bond donors (Lipinski definition) is 1. The molecule has 1 N–H and O–H groups in total. The fourth-order valence-electron chi connectivity index (χ4n) is 2.76. The highest BCUT2D eigenvalue weighted by molar-refractivity contribution is 7.92. The molecule has 8 nitrogen and oxygen atoms in total. The third kappa shape index (κ3) is 5.21. The largest absolute Gasteiger partial charge is 0.324 e. The van der Waals surface area contributed by atoms with Crippen LogP contribution in [0.3, 0.4) is 0 Å². The molecule has 0 aromatic heterocycles. The van der Waals surface area contributed by atoms with Crippen LogP contribution in [0, 0.1) is 22.9 Å². The van der Waals surface area contributed by atoms with Crippen molar-refractivity contribution < 1.29 is 22.5 Å². The van der Waals surface area contributed by atoms with Crippen molar-refractivity contribution in [3.8, 4) is 0 Å². The summed E-state index contributed by atoms with van der Waals surface area (Å²) in [6.45, 7) is 3.25. The van der Waals surface area contributed by atoms with Gasteiger partial charge >= 0.3 is 0 Å². The summed E-state index contributed by atoms with van der Waals surface area (Å²) in [6, 6.07) is 6.10. The Kier molecular flexibility index (Phi) is 6.81. The Balaban J connectivity index is 2.45. The van der Waals surface area contributed by atoms with Crippen molar-refractivity contribution in [2.24, 2.45) is 0 Å². The van der Waals surface area contributed by atoms with Gasteiger partial charge in [0.15, 0.2) is 0 Å². The number of nitrogens with zero attached hydrogens (tertiary/aromatic N) is 2. The first-order chi connectivity index (χ1) is 13.5. The number of nitrogens with one attached hydrogen (secondary N) is 1. The summed E-state index contributed by atoms with van der Waals surface area (Å²) in [7, 11) is -3.94. The number of carbonyl (C=O) groups is 1. The Morgan fingerprint density at radius 3 is 2.48 bits per heavy atom. The number of non-ortho nitro benzene ring substituents is 1. The molecule has 2 aromatic rings. The van der Waals surface area contributed by atoms with E-state index in [1.807, 2.05) is 0 Å². The molecule has 2 rings (SSSR count). The molecule has 0 heterocycles. The molecule has 0 aliphatic rings. The fourth-order valence-corrected chi connectivity index (χ4v) is 4.14. The maximum absolute atomic E-state index is 13.5.